The van der Waals surface area contributed by atoms with Crippen molar-refractivity contribution in [3.05, 3.63) is 98.7 Å². The van der Waals surface area contributed by atoms with E-state index in [1.165, 1.54) is 11.3 Å². The molecule has 1 aromatic heterocycles. The Kier molecular flexibility index (Phi) is 5.28. The summed E-state index contributed by atoms with van der Waals surface area (Å²) in [7, 11) is 0. The second-order valence-electron chi connectivity index (χ2n) is 5.03. The molecule has 0 unspecified atom stereocenters. The van der Waals surface area contributed by atoms with Crippen molar-refractivity contribution in [2.75, 3.05) is 0 Å². The molecule has 0 aliphatic rings. The highest BCUT2D eigenvalue weighted by molar-refractivity contribution is 7.14. The SMILES string of the molecule is O=C(/C=C/c1ccc(Cl)cc1)c1ccc(C#Cc2ccccc2)s1. The minimum atomic E-state index is -0.0253. The van der Waals surface area contributed by atoms with Crippen molar-refractivity contribution >= 4 is 34.8 Å². The van der Waals surface area contributed by atoms with Crippen LogP contribution < -0.4 is 0 Å². The van der Waals surface area contributed by atoms with Crippen LogP contribution in [0.15, 0.2) is 72.8 Å². The molecule has 0 spiro atoms. The van der Waals surface area contributed by atoms with Gasteiger partial charge in [0, 0.05) is 10.6 Å². The molecule has 1 heterocycles. The zero-order chi connectivity index (χ0) is 16.8. The summed E-state index contributed by atoms with van der Waals surface area (Å²) in [4.78, 5) is 13.8. The Bertz CT molecular complexity index is 925. The third-order valence-corrected chi connectivity index (χ3v) is 4.52. The zero-order valence-corrected chi connectivity index (χ0v) is 14.3. The normalized spacial score (nSPS) is 10.4. The van der Waals surface area contributed by atoms with E-state index in [0.29, 0.717) is 9.90 Å². The number of benzene rings is 2. The quantitative estimate of drug-likeness (QED) is 0.337. The minimum Gasteiger partial charge on any atom is -0.288 e. The van der Waals surface area contributed by atoms with Crippen molar-refractivity contribution in [3.8, 4) is 11.8 Å². The molecule has 3 aromatic rings. The van der Waals surface area contributed by atoms with E-state index in [4.69, 9.17) is 11.6 Å². The van der Waals surface area contributed by atoms with Gasteiger partial charge in [-0.05, 0) is 48.0 Å². The Morgan fingerprint density at radius 2 is 1.67 bits per heavy atom. The van der Waals surface area contributed by atoms with Crippen molar-refractivity contribution in [1.29, 1.82) is 0 Å². The number of carbonyl (C=O) groups excluding carboxylic acids is 1. The van der Waals surface area contributed by atoms with Gasteiger partial charge >= 0.3 is 0 Å². The van der Waals surface area contributed by atoms with E-state index in [0.717, 1.165) is 16.0 Å². The largest absolute Gasteiger partial charge is 0.288 e. The van der Waals surface area contributed by atoms with Gasteiger partial charge < -0.3 is 0 Å². The number of rotatable bonds is 3. The lowest BCUT2D eigenvalue weighted by atomic mass is 10.2. The van der Waals surface area contributed by atoms with Crippen molar-refractivity contribution in [1.82, 2.24) is 0 Å². The molecule has 2 aromatic carbocycles. The first-order valence-electron chi connectivity index (χ1n) is 7.35. The van der Waals surface area contributed by atoms with Crippen LogP contribution >= 0.6 is 22.9 Å². The summed E-state index contributed by atoms with van der Waals surface area (Å²) in [6.45, 7) is 0. The molecule has 0 aliphatic carbocycles. The lowest BCUT2D eigenvalue weighted by molar-refractivity contribution is 0.105. The summed E-state index contributed by atoms with van der Waals surface area (Å²) < 4.78 is 0. The topological polar surface area (TPSA) is 17.1 Å². The first kappa shape index (κ1) is 16.3. The number of ketones is 1. The van der Waals surface area contributed by atoms with Crippen LogP contribution in [0.5, 0.6) is 0 Å². The van der Waals surface area contributed by atoms with Crippen LogP contribution in [0.4, 0.5) is 0 Å². The lowest BCUT2D eigenvalue weighted by Crippen LogP contribution is -1.88. The third-order valence-electron chi connectivity index (χ3n) is 3.25. The van der Waals surface area contributed by atoms with Gasteiger partial charge in [-0.15, -0.1) is 11.3 Å². The number of carbonyl (C=O) groups is 1. The fraction of sp³-hybridized carbons (Fsp3) is 0. The van der Waals surface area contributed by atoms with Crippen LogP contribution in [0.3, 0.4) is 0 Å². The van der Waals surface area contributed by atoms with Gasteiger partial charge in [0.15, 0.2) is 5.78 Å². The number of hydrogen-bond donors (Lipinski definition) is 0. The van der Waals surface area contributed by atoms with Crippen molar-refractivity contribution in [3.63, 3.8) is 0 Å². The molecule has 0 bridgehead atoms. The number of hydrogen-bond acceptors (Lipinski definition) is 2. The van der Waals surface area contributed by atoms with E-state index in [9.17, 15) is 4.79 Å². The molecule has 3 rings (SSSR count). The van der Waals surface area contributed by atoms with E-state index in [2.05, 4.69) is 11.8 Å². The maximum Gasteiger partial charge on any atom is 0.195 e. The van der Waals surface area contributed by atoms with Crippen molar-refractivity contribution in [2.45, 2.75) is 0 Å². The monoisotopic (exact) mass is 348 g/mol. The van der Waals surface area contributed by atoms with Gasteiger partial charge in [0.05, 0.1) is 9.75 Å². The Hall–Kier alpha value is -2.60. The fourth-order valence-corrected chi connectivity index (χ4v) is 2.93. The molecule has 0 radical (unpaired) electrons. The van der Waals surface area contributed by atoms with Crippen molar-refractivity contribution in [2.24, 2.45) is 0 Å². The van der Waals surface area contributed by atoms with E-state index in [1.807, 2.05) is 54.6 Å². The highest BCUT2D eigenvalue weighted by Gasteiger charge is 2.05. The zero-order valence-electron chi connectivity index (χ0n) is 12.7. The average molecular weight is 349 g/mol. The van der Waals surface area contributed by atoms with Gasteiger partial charge in [-0.3, -0.25) is 4.79 Å². The average Bonchev–Trinajstić information content (AvgIpc) is 3.09. The molecule has 3 heteroatoms. The number of allylic oxidation sites excluding steroid dienone is 1. The summed E-state index contributed by atoms with van der Waals surface area (Å²) in [5, 5.41) is 0.679. The molecule has 0 amide bonds. The van der Waals surface area contributed by atoms with Crippen LogP contribution in [-0.2, 0) is 0 Å². The fourth-order valence-electron chi connectivity index (χ4n) is 2.02. The van der Waals surface area contributed by atoms with Gasteiger partial charge in [0.1, 0.15) is 0 Å². The molecule has 0 aliphatic heterocycles. The van der Waals surface area contributed by atoms with Crippen LogP contribution in [-0.4, -0.2) is 5.78 Å². The highest BCUT2D eigenvalue weighted by Crippen LogP contribution is 2.18. The molecular weight excluding hydrogens is 336 g/mol. The second-order valence-corrected chi connectivity index (χ2v) is 6.55. The summed E-state index contributed by atoms with van der Waals surface area (Å²) in [5.74, 6) is 6.16. The predicted molar refractivity (Wildman–Crippen MR) is 102 cm³/mol. The lowest BCUT2D eigenvalue weighted by Gasteiger charge is -1.93. The first-order valence-corrected chi connectivity index (χ1v) is 8.55. The predicted octanol–water partition coefficient (Wildman–Crippen LogP) is 5.70. The smallest absolute Gasteiger partial charge is 0.195 e. The molecule has 0 saturated carbocycles. The van der Waals surface area contributed by atoms with Crippen LogP contribution in [0.25, 0.3) is 6.08 Å². The number of halogens is 1. The summed E-state index contributed by atoms with van der Waals surface area (Å²) in [6.07, 6.45) is 3.36. The molecule has 1 nitrogen and oxygen atoms in total. The highest BCUT2D eigenvalue weighted by atomic mass is 35.5. The van der Waals surface area contributed by atoms with Crippen molar-refractivity contribution < 1.29 is 4.79 Å². The van der Waals surface area contributed by atoms with E-state index >= 15 is 0 Å². The molecule has 0 fully saturated rings. The third kappa shape index (κ3) is 4.45. The minimum absolute atomic E-state index is 0.0253. The molecule has 0 N–H and O–H groups in total. The molecular formula is C21H13ClOS. The Morgan fingerprint density at radius 1 is 0.917 bits per heavy atom. The van der Waals surface area contributed by atoms with Gasteiger partial charge in [-0.2, -0.15) is 0 Å². The Balaban J connectivity index is 1.70. The van der Waals surface area contributed by atoms with Gasteiger partial charge in [0.2, 0.25) is 0 Å². The maximum atomic E-state index is 12.2. The van der Waals surface area contributed by atoms with Gasteiger partial charge in [-0.1, -0.05) is 59.8 Å². The Labute approximate surface area is 150 Å². The molecule has 116 valence electrons. The molecule has 0 atom stereocenters. The summed E-state index contributed by atoms with van der Waals surface area (Å²) in [6, 6.07) is 20.8. The molecule has 24 heavy (non-hydrogen) atoms. The first-order chi connectivity index (χ1) is 11.7. The van der Waals surface area contributed by atoms with E-state index in [1.54, 1.807) is 24.3 Å². The Morgan fingerprint density at radius 3 is 2.42 bits per heavy atom. The second kappa shape index (κ2) is 7.79. The van der Waals surface area contributed by atoms with Gasteiger partial charge in [-0.25, -0.2) is 0 Å². The standard InChI is InChI=1S/C21H13ClOS/c22-18-10-6-17(7-11-18)9-14-20(23)21-15-13-19(24-21)12-8-16-4-2-1-3-5-16/h1-7,9-11,13-15H/b14-9+. The van der Waals surface area contributed by atoms with Gasteiger partial charge in [0.25, 0.3) is 0 Å². The van der Waals surface area contributed by atoms with E-state index < -0.39 is 0 Å². The van der Waals surface area contributed by atoms with E-state index in [-0.39, 0.29) is 5.78 Å². The molecule has 0 saturated heterocycles. The van der Waals surface area contributed by atoms with Crippen LogP contribution in [0.1, 0.15) is 25.7 Å². The van der Waals surface area contributed by atoms with Crippen LogP contribution in [0.2, 0.25) is 5.02 Å². The summed E-state index contributed by atoms with van der Waals surface area (Å²) in [5.41, 5.74) is 1.90. The van der Waals surface area contributed by atoms with Crippen LogP contribution in [0, 0.1) is 11.8 Å². The maximum absolute atomic E-state index is 12.2. The summed E-state index contributed by atoms with van der Waals surface area (Å²) >= 11 is 7.25. The number of thiophene rings is 1.